The number of aromatic nitrogens is 3. The summed E-state index contributed by atoms with van der Waals surface area (Å²) in [4.78, 5) is 20.5. The van der Waals surface area contributed by atoms with E-state index in [0.717, 1.165) is 18.2 Å². The standard InChI is InChI=1S/C20H34N2O4.C6H10N2O/c1-4-7-16(8-5-2)9-6-12-26-19-11-10-18(15(3)21-19)20(25)22-17(13-23)14-24;1-4(2)6-7-5(3)9-8-6/h10-11,16-17,23-24H,4-9,12-14H2,1-3H3,(H,22,25);4H,1-3H3. The first-order chi connectivity index (χ1) is 16.7. The number of hydrogen-bond acceptors (Lipinski definition) is 8. The van der Waals surface area contributed by atoms with Crippen molar-refractivity contribution in [2.45, 2.75) is 92.0 Å². The first-order valence-corrected chi connectivity index (χ1v) is 12.7. The van der Waals surface area contributed by atoms with Crippen molar-refractivity contribution in [1.82, 2.24) is 20.4 Å². The average molecular weight is 493 g/mol. The van der Waals surface area contributed by atoms with Crippen LogP contribution in [0.5, 0.6) is 5.88 Å². The number of aliphatic hydroxyl groups excluding tert-OH is 2. The van der Waals surface area contributed by atoms with E-state index in [4.69, 9.17) is 19.5 Å². The van der Waals surface area contributed by atoms with Gasteiger partial charge < -0.3 is 24.8 Å². The van der Waals surface area contributed by atoms with Crippen molar-refractivity contribution in [2.75, 3.05) is 19.8 Å². The van der Waals surface area contributed by atoms with Gasteiger partial charge in [0, 0.05) is 18.9 Å². The van der Waals surface area contributed by atoms with Crippen LogP contribution in [0.15, 0.2) is 16.7 Å². The monoisotopic (exact) mass is 492 g/mol. The van der Waals surface area contributed by atoms with Gasteiger partial charge >= 0.3 is 0 Å². The maximum Gasteiger partial charge on any atom is 0.253 e. The highest BCUT2D eigenvalue weighted by Gasteiger charge is 2.15. The number of pyridine rings is 1. The molecule has 35 heavy (non-hydrogen) atoms. The molecule has 0 atom stereocenters. The minimum atomic E-state index is -0.669. The molecule has 0 bridgehead atoms. The molecule has 9 nitrogen and oxygen atoms in total. The summed E-state index contributed by atoms with van der Waals surface area (Å²) in [5, 5.41) is 24.4. The summed E-state index contributed by atoms with van der Waals surface area (Å²) >= 11 is 0. The fourth-order valence-electron chi connectivity index (χ4n) is 3.62. The van der Waals surface area contributed by atoms with E-state index in [1.165, 1.54) is 32.1 Å². The largest absolute Gasteiger partial charge is 0.478 e. The van der Waals surface area contributed by atoms with E-state index in [1.807, 2.05) is 13.8 Å². The van der Waals surface area contributed by atoms with Crippen molar-refractivity contribution in [3.63, 3.8) is 0 Å². The lowest BCUT2D eigenvalue weighted by atomic mass is 9.93. The summed E-state index contributed by atoms with van der Waals surface area (Å²) in [6, 6.07) is 2.68. The number of ether oxygens (including phenoxy) is 1. The summed E-state index contributed by atoms with van der Waals surface area (Å²) in [5.74, 6) is 2.72. The van der Waals surface area contributed by atoms with E-state index in [1.54, 1.807) is 26.0 Å². The second kappa shape index (κ2) is 17.0. The van der Waals surface area contributed by atoms with Crippen LogP contribution in [0.3, 0.4) is 0 Å². The van der Waals surface area contributed by atoms with Crippen molar-refractivity contribution < 1.29 is 24.3 Å². The first-order valence-electron chi connectivity index (χ1n) is 12.7. The van der Waals surface area contributed by atoms with Crippen LogP contribution in [0.4, 0.5) is 0 Å². The third kappa shape index (κ3) is 11.6. The van der Waals surface area contributed by atoms with Gasteiger partial charge in [-0.25, -0.2) is 4.98 Å². The molecule has 0 fully saturated rings. The molecule has 2 aromatic heterocycles. The van der Waals surface area contributed by atoms with Crippen LogP contribution >= 0.6 is 0 Å². The van der Waals surface area contributed by atoms with Crippen molar-refractivity contribution in [3.05, 3.63) is 35.1 Å². The predicted octanol–water partition coefficient (Wildman–Crippen LogP) is 4.35. The number of carbonyl (C=O) groups excluding carboxylic acids is 1. The minimum Gasteiger partial charge on any atom is -0.478 e. The van der Waals surface area contributed by atoms with Gasteiger partial charge in [0.25, 0.3) is 5.91 Å². The van der Waals surface area contributed by atoms with Crippen LogP contribution in [0, 0.1) is 19.8 Å². The smallest absolute Gasteiger partial charge is 0.253 e. The highest BCUT2D eigenvalue weighted by molar-refractivity contribution is 5.95. The lowest BCUT2D eigenvalue weighted by molar-refractivity contribution is 0.0878. The zero-order valence-corrected chi connectivity index (χ0v) is 22.2. The quantitative estimate of drug-likeness (QED) is 0.332. The van der Waals surface area contributed by atoms with Gasteiger partial charge in [-0.05, 0) is 31.7 Å². The van der Waals surface area contributed by atoms with Gasteiger partial charge in [-0.3, -0.25) is 4.79 Å². The molecule has 2 aromatic rings. The summed E-state index contributed by atoms with van der Waals surface area (Å²) in [6.07, 6.45) is 7.18. The SMILES string of the molecule is CCCC(CCC)CCCOc1ccc(C(=O)NC(CO)CO)c(C)n1.Cc1nc(C(C)C)no1. The molecule has 2 heterocycles. The fraction of sp³-hybridized carbons (Fsp3) is 0.692. The Morgan fingerprint density at radius 2 is 1.71 bits per heavy atom. The fourth-order valence-corrected chi connectivity index (χ4v) is 3.62. The Morgan fingerprint density at radius 3 is 2.17 bits per heavy atom. The van der Waals surface area contributed by atoms with E-state index in [2.05, 4.69) is 34.3 Å². The van der Waals surface area contributed by atoms with Crippen molar-refractivity contribution >= 4 is 5.91 Å². The average Bonchev–Trinajstić information content (AvgIpc) is 3.27. The number of amides is 1. The second-order valence-electron chi connectivity index (χ2n) is 9.08. The molecule has 2 rings (SSSR count). The minimum absolute atomic E-state index is 0.313. The Morgan fingerprint density at radius 1 is 1.06 bits per heavy atom. The predicted molar refractivity (Wildman–Crippen MR) is 136 cm³/mol. The van der Waals surface area contributed by atoms with Gasteiger partial charge in [-0.15, -0.1) is 0 Å². The summed E-state index contributed by atoms with van der Waals surface area (Å²) in [6.45, 7) is 12.1. The zero-order chi connectivity index (χ0) is 26.2. The molecule has 0 aliphatic rings. The van der Waals surface area contributed by atoms with Gasteiger partial charge in [0.15, 0.2) is 5.82 Å². The van der Waals surface area contributed by atoms with Crippen molar-refractivity contribution in [3.8, 4) is 5.88 Å². The van der Waals surface area contributed by atoms with Crippen LogP contribution in [0.25, 0.3) is 0 Å². The van der Waals surface area contributed by atoms with Gasteiger partial charge in [0.2, 0.25) is 11.8 Å². The van der Waals surface area contributed by atoms with Crippen LogP contribution < -0.4 is 10.1 Å². The van der Waals surface area contributed by atoms with Gasteiger partial charge in [-0.1, -0.05) is 58.5 Å². The number of nitrogens with zero attached hydrogens (tertiary/aromatic N) is 3. The number of rotatable bonds is 14. The number of carbonyl (C=O) groups is 1. The summed E-state index contributed by atoms with van der Waals surface area (Å²) in [5.41, 5.74) is 0.972. The highest BCUT2D eigenvalue weighted by atomic mass is 16.5. The molecular formula is C26H44N4O5. The molecule has 0 unspecified atom stereocenters. The van der Waals surface area contributed by atoms with E-state index in [-0.39, 0.29) is 19.1 Å². The number of aliphatic hydroxyl groups is 2. The molecule has 3 N–H and O–H groups in total. The first kappa shape index (κ1) is 30.5. The molecule has 198 valence electrons. The Balaban J connectivity index is 0.000000566. The maximum atomic E-state index is 12.1. The van der Waals surface area contributed by atoms with E-state index in [9.17, 15) is 4.79 Å². The molecule has 0 aliphatic carbocycles. The topological polar surface area (TPSA) is 131 Å². The van der Waals surface area contributed by atoms with E-state index in [0.29, 0.717) is 35.6 Å². The highest BCUT2D eigenvalue weighted by Crippen LogP contribution is 2.20. The van der Waals surface area contributed by atoms with Crippen molar-refractivity contribution in [1.29, 1.82) is 0 Å². The van der Waals surface area contributed by atoms with Gasteiger partial charge in [0.1, 0.15) is 0 Å². The summed E-state index contributed by atoms with van der Waals surface area (Å²) < 4.78 is 10.5. The van der Waals surface area contributed by atoms with Gasteiger partial charge in [0.05, 0.1) is 37.1 Å². The van der Waals surface area contributed by atoms with Crippen LogP contribution in [0.1, 0.15) is 99.9 Å². The number of aryl methyl sites for hydroxylation is 2. The Kier molecular flexibility index (Phi) is 14.8. The molecule has 0 aromatic carbocycles. The molecular weight excluding hydrogens is 448 g/mol. The lowest BCUT2D eigenvalue weighted by Gasteiger charge is -2.16. The van der Waals surface area contributed by atoms with E-state index >= 15 is 0 Å². The van der Waals surface area contributed by atoms with Crippen LogP contribution in [-0.2, 0) is 0 Å². The van der Waals surface area contributed by atoms with E-state index < -0.39 is 6.04 Å². The normalized spacial score (nSPS) is 11.1. The molecule has 1 amide bonds. The third-order valence-electron chi connectivity index (χ3n) is 5.54. The molecule has 0 saturated heterocycles. The molecule has 0 spiro atoms. The lowest BCUT2D eigenvalue weighted by Crippen LogP contribution is -2.40. The third-order valence-corrected chi connectivity index (χ3v) is 5.54. The summed E-state index contributed by atoms with van der Waals surface area (Å²) in [7, 11) is 0. The maximum absolute atomic E-state index is 12.1. The van der Waals surface area contributed by atoms with Crippen LogP contribution in [0.2, 0.25) is 0 Å². The molecule has 9 heteroatoms. The van der Waals surface area contributed by atoms with Crippen LogP contribution in [-0.4, -0.2) is 57.1 Å². The second-order valence-corrected chi connectivity index (χ2v) is 9.08. The zero-order valence-electron chi connectivity index (χ0n) is 22.2. The van der Waals surface area contributed by atoms with Gasteiger partial charge in [-0.2, -0.15) is 4.98 Å². The Labute approximate surface area is 209 Å². The molecule has 0 aliphatic heterocycles. The number of hydrogen-bond donors (Lipinski definition) is 3. The molecule has 0 radical (unpaired) electrons. The number of nitrogens with one attached hydrogen (secondary N) is 1. The Bertz CT molecular complexity index is 846. The van der Waals surface area contributed by atoms with Crippen molar-refractivity contribution in [2.24, 2.45) is 5.92 Å². The Hall–Kier alpha value is -2.52. The molecule has 0 saturated carbocycles.